The summed E-state index contributed by atoms with van der Waals surface area (Å²) < 4.78 is 10.6. The van der Waals surface area contributed by atoms with E-state index in [1.807, 2.05) is 6.07 Å². The van der Waals surface area contributed by atoms with Crippen molar-refractivity contribution < 1.29 is 9.47 Å². The molecule has 1 saturated heterocycles. The molecule has 0 bridgehead atoms. The molecule has 1 heterocycles. The molecule has 0 amide bonds. The molecule has 124 valence electrons. The van der Waals surface area contributed by atoms with Crippen molar-refractivity contribution in [2.75, 3.05) is 40.4 Å². The molecule has 1 fully saturated rings. The Hall–Kier alpha value is -1.26. The van der Waals surface area contributed by atoms with Gasteiger partial charge in [-0.05, 0) is 57.0 Å². The Morgan fingerprint density at radius 3 is 2.50 bits per heavy atom. The van der Waals surface area contributed by atoms with E-state index in [0.717, 1.165) is 31.0 Å². The predicted octanol–water partition coefficient (Wildman–Crippen LogP) is 2.71. The normalized spacial score (nSPS) is 17.2. The Bertz CT molecular complexity index is 445. The highest BCUT2D eigenvalue weighted by molar-refractivity contribution is 5.43. The minimum Gasteiger partial charge on any atom is -0.493 e. The highest BCUT2D eigenvalue weighted by Crippen LogP contribution is 2.27. The standard InChI is InChI=1S/C18H30N2O2/c1-15(19-9-12-20-10-5-4-6-11-20)13-16-7-8-17(21-2)18(14-16)22-3/h7-8,14-15,19H,4-6,9-13H2,1-3H3. The maximum atomic E-state index is 5.37. The first-order chi connectivity index (χ1) is 10.7. The first kappa shape index (κ1) is 17.1. The van der Waals surface area contributed by atoms with Gasteiger partial charge < -0.3 is 19.7 Å². The number of hydrogen-bond donors (Lipinski definition) is 1. The molecule has 0 aliphatic carbocycles. The van der Waals surface area contributed by atoms with Gasteiger partial charge >= 0.3 is 0 Å². The Labute approximate surface area is 134 Å². The summed E-state index contributed by atoms with van der Waals surface area (Å²) in [6.45, 7) is 7.01. The van der Waals surface area contributed by atoms with Gasteiger partial charge in [-0.3, -0.25) is 0 Å². The number of nitrogens with one attached hydrogen (secondary N) is 1. The Morgan fingerprint density at radius 2 is 1.82 bits per heavy atom. The van der Waals surface area contributed by atoms with E-state index in [4.69, 9.17) is 9.47 Å². The number of benzene rings is 1. The third-order valence-corrected chi connectivity index (χ3v) is 4.36. The van der Waals surface area contributed by atoms with Crippen LogP contribution in [0.4, 0.5) is 0 Å². The number of likely N-dealkylation sites (tertiary alicyclic amines) is 1. The number of rotatable bonds is 8. The number of piperidine rings is 1. The Balaban J connectivity index is 1.75. The molecule has 2 rings (SSSR count). The zero-order chi connectivity index (χ0) is 15.8. The van der Waals surface area contributed by atoms with E-state index >= 15 is 0 Å². The summed E-state index contributed by atoms with van der Waals surface area (Å²) in [5.74, 6) is 1.59. The number of ether oxygens (including phenoxy) is 2. The molecule has 1 aromatic carbocycles. The zero-order valence-corrected chi connectivity index (χ0v) is 14.2. The van der Waals surface area contributed by atoms with Gasteiger partial charge in [-0.15, -0.1) is 0 Å². The van der Waals surface area contributed by atoms with Crippen LogP contribution in [0.2, 0.25) is 0 Å². The molecule has 1 atom stereocenters. The maximum absolute atomic E-state index is 5.37. The maximum Gasteiger partial charge on any atom is 0.160 e. The third kappa shape index (κ3) is 5.18. The molecule has 1 aliphatic heterocycles. The van der Waals surface area contributed by atoms with Gasteiger partial charge in [0.15, 0.2) is 11.5 Å². The molecule has 1 aromatic rings. The summed E-state index contributed by atoms with van der Waals surface area (Å²) >= 11 is 0. The lowest BCUT2D eigenvalue weighted by Crippen LogP contribution is -2.39. The lowest BCUT2D eigenvalue weighted by atomic mass is 10.1. The molecule has 4 nitrogen and oxygen atoms in total. The summed E-state index contributed by atoms with van der Waals surface area (Å²) in [4.78, 5) is 2.57. The first-order valence-corrected chi connectivity index (χ1v) is 8.39. The van der Waals surface area contributed by atoms with Crippen molar-refractivity contribution in [1.29, 1.82) is 0 Å². The van der Waals surface area contributed by atoms with Gasteiger partial charge in [-0.25, -0.2) is 0 Å². The van der Waals surface area contributed by atoms with Gasteiger partial charge in [-0.2, -0.15) is 0 Å². The molecular weight excluding hydrogens is 276 g/mol. The van der Waals surface area contributed by atoms with Crippen LogP contribution < -0.4 is 14.8 Å². The van der Waals surface area contributed by atoms with Crippen LogP contribution in [0.5, 0.6) is 11.5 Å². The monoisotopic (exact) mass is 306 g/mol. The molecule has 1 unspecified atom stereocenters. The predicted molar refractivity (Wildman–Crippen MR) is 91.0 cm³/mol. The van der Waals surface area contributed by atoms with Crippen molar-refractivity contribution in [1.82, 2.24) is 10.2 Å². The number of methoxy groups -OCH3 is 2. The lowest BCUT2D eigenvalue weighted by Gasteiger charge is -2.27. The van der Waals surface area contributed by atoms with E-state index in [1.165, 1.54) is 37.9 Å². The molecule has 0 spiro atoms. The number of nitrogens with zero attached hydrogens (tertiary/aromatic N) is 1. The summed E-state index contributed by atoms with van der Waals surface area (Å²) in [7, 11) is 3.35. The van der Waals surface area contributed by atoms with Crippen molar-refractivity contribution >= 4 is 0 Å². The minimum absolute atomic E-state index is 0.461. The second-order valence-electron chi connectivity index (χ2n) is 6.15. The molecule has 0 saturated carbocycles. The minimum atomic E-state index is 0.461. The molecule has 1 aliphatic rings. The molecule has 0 radical (unpaired) electrons. The average Bonchev–Trinajstić information content (AvgIpc) is 2.55. The van der Waals surface area contributed by atoms with Gasteiger partial charge in [0.2, 0.25) is 0 Å². The second kappa shape index (κ2) is 9.01. The van der Waals surface area contributed by atoms with Crippen molar-refractivity contribution in [3.05, 3.63) is 23.8 Å². The van der Waals surface area contributed by atoms with E-state index < -0.39 is 0 Å². The van der Waals surface area contributed by atoms with Crippen molar-refractivity contribution in [3.63, 3.8) is 0 Å². The molecular formula is C18H30N2O2. The lowest BCUT2D eigenvalue weighted by molar-refractivity contribution is 0.226. The van der Waals surface area contributed by atoms with Crippen LogP contribution in [0.25, 0.3) is 0 Å². The third-order valence-electron chi connectivity index (χ3n) is 4.36. The second-order valence-corrected chi connectivity index (χ2v) is 6.15. The van der Waals surface area contributed by atoms with Crippen molar-refractivity contribution in [2.45, 2.75) is 38.6 Å². The zero-order valence-electron chi connectivity index (χ0n) is 14.2. The van der Waals surface area contributed by atoms with E-state index in [-0.39, 0.29) is 0 Å². The van der Waals surface area contributed by atoms with E-state index in [1.54, 1.807) is 14.2 Å². The summed E-state index contributed by atoms with van der Waals surface area (Å²) in [6, 6.07) is 6.63. The van der Waals surface area contributed by atoms with Gasteiger partial charge in [0.25, 0.3) is 0 Å². The first-order valence-electron chi connectivity index (χ1n) is 8.39. The van der Waals surface area contributed by atoms with Gasteiger partial charge in [0.05, 0.1) is 14.2 Å². The fourth-order valence-corrected chi connectivity index (χ4v) is 3.09. The van der Waals surface area contributed by atoms with Gasteiger partial charge in [0, 0.05) is 19.1 Å². The average molecular weight is 306 g/mol. The summed E-state index contributed by atoms with van der Waals surface area (Å²) in [5.41, 5.74) is 1.27. The van der Waals surface area contributed by atoms with Crippen LogP contribution in [-0.2, 0) is 6.42 Å². The Kier molecular flexibility index (Phi) is 7.00. The fourth-order valence-electron chi connectivity index (χ4n) is 3.09. The summed E-state index contributed by atoms with van der Waals surface area (Å²) in [5, 5.41) is 3.63. The van der Waals surface area contributed by atoms with Gasteiger partial charge in [0.1, 0.15) is 0 Å². The van der Waals surface area contributed by atoms with E-state index in [9.17, 15) is 0 Å². The number of hydrogen-bond acceptors (Lipinski definition) is 4. The summed E-state index contributed by atoms with van der Waals surface area (Å²) in [6.07, 6.45) is 5.13. The highest BCUT2D eigenvalue weighted by atomic mass is 16.5. The van der Waals surface area contributed by atoms with Crippen LogP contribution in [0.15, 0.2) is 18.2 Å². The van der Waals surface area contributed by atoms with Crippen molar-refractivity contribution in [3.8, 4) is 11.5 Å². The molecule has 0 aromatic heterocycles. The van der Waals surface area contributed by atoms with E-state index in [0.29, 0.717) is 6.04 Å². The quantitative estimate of drug-likeness (QED) is 0.801. The molecule has 22 heavy (non-hydrogen) atoms. The van der Waals surface area contributed by atoms with E-state index in [2.05, 4.69) is 29.3 Å². The molecule has 1 N–H and O–H groups in total. The smallest absolute Gasteiger partial charge is 0.160 e. The van der Waals surface area contributed by atoms with Crippen LogP contribution in [0, 0.1) is 0 Å². The van der Waals surface area contributed by atoms with Crippen LogP contribution in [-0.4, -0.2) is 51.3 Å². The van der Waals surface area contributed by atoms with Gasteiger partial charge in [-0.1, -0.05) is 12.5 Å². The fraction of sp³-hybridized carbons (Fsp3) is 0.667. The SMILES string of the molecule is COc1ccc(CC(C)NCCN2CCCCC2)cc1OC. The van der Waals surface area contributed by atoms with Crippen LogP contribution in [0.3, 0.4) is 0 Å². The highest BCUT2D eigenvalue weighted by Gasteiger charge is 2.11. The topological polar surface area (TPSA) is 33.7 Å². The van der Waals surface area contributed by atoms with Crippen LogP contribution in [0.1, 0.15) is 31.7 Å². The van der Waals surface area contributed by atoms with Crippen LogP contribution >= 0.6 is 0 Å². The van der Waals surface area contributed by atoms with Crippen molar-refractivity contribution in [2.24, 2.45) is 0 Å². The molecule has 4 heteroatoms. The largest absolute Gasteiger partial charge is 0.493 e. The Morgan fingerprint density at radius 1 is 1.09 bits per heavy atom.